The molecule has 108 valence electrons. The van der Waals surface area contributed by atoms with E-state index in [4.69, 9.17) is 0 Å². The van der Waals surface area contributed by atoms with Crippen LogP contribution in [0.15, 0.2) is 18.3 Å². The Morgan fingerprint density at radius 2 is 1.89 bits per heavy atom. The number of nitrogens with one attached hydrogen (secondary N) is 1. The lowest BCUT2D eigenvalue weighted by Crippen LogP contribution is -2.35. The number of hydrogen-bond donors (Lipinski definition) is 1. The Kier molecular flexibility index (Phi) is 5.36. The van der Waals surface area contributed by atoms with E-state index in [1.54, 1.807) is 0 Å². The van der Waals surface area contributed by atoms with Crippen LogP contribution in [0.1, 0.15) is 47.1 Å². The van der Waals surface area contributed by atoms with Gasteiger partial charge >= 0.3 is 0 Å². The van der Waals surface area contributed by atoms with Crippen LogP contribution in [-0.4, -0.2) is 23.6 Å². The standard InChI is InChI=1S/C16H29N3/c1-12(2)13(3)19(7)15-10-14(8-9-17-15)11-18-16(4,5)6/h8-10,12-13,18H,11H2,1-7H3. The molecule has 0 aliphatic heterocycles. The lowest BCUT2D eigenvalue weighted by molar-refractivity contribution is 0.424. The predicted molar refractivity (Wildman–Crippen MR) is 83.5 cm³/mol. The van der Waals surface area contributed by atoms with Gasteiger partial charge in [-0.15, -0.1) is 0 Å². The summed E-state index contributed by atoms with van der Waals surface area (Å²) in [5.74, 6) is 1.66. The van der Waals surface area contributed by atoms with E-state index < -0.39 is 0 Å². The molecular formula is C16H29N3. The molecule has 0 spiro atoms. The maximum absolute atomic E-state index is 4.49. The second kappa shape index (κ2) is 6.38. The monoisotopic (exact) mass is 263 g/mol. The zero-order valence-electron chi connectivity index (χ0n) is 13.5. The van der Waals surface area contributed by atoms with Crippen molar-refractivity contribution in [2.45, 2.75) is 59.7 Å². The fraction of sp³-hybridized carbons (Fsp3) is 0.688. The average molecular weight is 263 g/mol. The van der Waals surface area contributed by atoms with E-state index in [0.717, 1.165) is 12.4 Å². The van der Waals surface area contributed by atoms with Gasteiger partial charge in [0.2, 0.25) is 0 Å². The molecule has 3 heteroatoms. The zero-order chi connectivity index (χ0) is 14.6. The number of nitrogens with zero attached hydrogens (tertiary/aromatic N) is 2. The molecule has 1 heterocycles. The summed E-state index contributed by atoms with van der Waals surface area (Å²) < 4.78 is 0. The fourth-order valence-electron chi connectivity index (χ4n) is 1.79. The van der Waals surface area contributed by atoms with Gasteiger partial charge in [0.05, 0.1) is 0 Å². The predicted octanol–water partition coefficient (Wildman–Crippen LogP) is 3.45. The number of hydrogen-bond acceptors (Lipinski definition) is 3. The quantitative estimate of drug-likeness (QED) is 0.882. The van der Waals surface area contributed by atoms with Gasteiger partial charge in [-0.25, -0.2) is 4.98 Å². The third kappa shape index (κ3) is 5.19. The van der Waals surface area contributed by atoms with Gasteiger partial charge in [0.15, 0.2) is 0 Å². The first-order valence-corrected chi connectivity index (χ1v) is 7.13. The molecule has 1 N–H and O–H groups in total. The maximum atomic E-state index is 4.49. The van der Waals surface area contributed by atoms with E-state index in [9.17, 15) is 0 Å². The number of aromatic nitrogens is 1. The molecule has 0 saturated heterocycles. The van der Waals surface area contributed by atoms with Crippen molar-refractivity contribution in [2.75, 3.05) is 11.9 Å². The molecule has 3 nitrogen and oxygen atoms in total. The lowest BCUT2D eigenvalue weighted by Gasteiger charge is -2.29. The highest BCUT2D eigenvalue weighted by atomic mass is 15.2. The van der Waals surface area contributed by atoms with E-state index >= 15 is 0 Å². The average Bonchev–Trinajstić information content (AvgIpc) is 2.34. The van der Waals surface area contributed by atoms with Gasteiger partial charge in [-0.05, 0) is 51.3 Å². The number of anilines is 1. The second-order valence-electron chi connectivity index (χ2n) is 6.72. The van der Waals surface area contributed by atoms with Crippen molar-refractivity contribution in [2.24, 2.45) is 5.92 Å². The van der Waals surface area contributed by atoms with Gasteiger partial charge in [0.25, 0.3) is 0 Å². The molecule has 19 heavy (non-hydrogen) atoms. The minimum absolute atomic E-state index is 0.139. The van der Waals surface area contributed by atoms with Crippen LogP contribution in [0.2, 0.25) is 0 Å². The fourth-order valence-corrected chi connectivity index (χ4v) is 1.79. The maximum Gasteiger partial charge on any atom is 0.128 e. The summed E-state index contributed by atoms with van der Waals surface area (Å²) in [4.78, 5) is 6.74. The van der Waals surface area contributed by atoms with Gasteiger partial charge in [-0.1, -0.05) is 13.8 Å². The second-order valence-corrected chi connectivity index (χ2v) is 6.72. The molecule has 0 radical (unpaired) electrons. The van der Waals surface area contributed by atoms with Crippen LogP contribution in [0.5, 0.6) is 0 Å². The van der Waals surface area contributed by atoms with E-state index in [0.29, 0.717) is 12.0 Å². The van der Waals surface area contributed by atoms with Gasteiger partial charge in [-0.3, -0.25) is 0 Å². The molecule has 1 unspecified atom stereocenters. The molecule has 0 amide bonds. The summed E-state index contributed by atoms with van der Waals surface area (Å²) in [6.45, 7) is 14.2. The molecule has 0 saturated carbocycles. The highest BCUT2D eigenvalue weighted by molar-refractivity contribution is 5.41. The first-order valence-electron chi connectivity index (χ1n) is 7.13. The lowest BCUT2D eigenvalue weighted by atomic mass is 10.1. The minimum Gasteiger partial charge on any atom is -0.357 e. The van der Waals surface area contributed by atoms with Gasteiger partial charge in [-0.2, -0.15) is 0 Å². The summed E-state index contributed by atoms with van der Waals surface area (Å²) in [5.41, 5.74) is 1.42. The Labute approximate surface area is 118 Å². The molecule has 0 aromatic carbocycles. The van der Waals surface area contributed by atoms with Crippen molar-refractivity contribution in [3.05, 3.63) is 23.9 Å². The molecule has 0 bridgehead atoms. The van der Waals surface area contributed by atoms with Crippen LogP contribution in [-0.2, 0) is 6.54 Å². The van der Waals surface area contributed by atoms with E-state index in [-0.39, 0.29) is 5.54 Å². The highest BCUT2D eigenvalue weighted by Crippen LogP contribution is 2.18. The molecular weight excluding hydrogens is 234 g/mol. The first-order chi connectivity index (χ1) is 8.70. The zero-order valence-corrected chi connectivity index (χ0v) is 13.5. The number of pyridine rings is 1. The highest BCUT2D eigenvalue weighted by Gasteiger charge is 2.15. The molecule has 0 aliphatic carbocycles. The van der Waals surface area contributed by atoms with Crippen LogP contribution in [0.4, 0.5) is 5.82 Å². The van der Waals surface area contributed by atoms with Crippen molar-refractivity contribution in [1.29, 1.82) is 0 Å². The van der Waals surface area contributed by atoms with E-state index in [2.05, 4.69) is 75.9 Å². The molecule has 0 aliphatic rings. The summed E-state index contributed by atoms with van der Waals surface area (Å²) in [6, 6.07) is 4.74. The molecule has 0 fully saturated rings. The van der Waals surface area contributed by atoms with E-state index in [1.165, 1.54) is 5.56 Å². The Balaban J connectivity index is 2.77. The Hall–Kier alpha value is -1.09. The van der Waals surface area contributed by atoms with Crippen molar-refractivity contribution in [3.63, 3.8) is 0 Å². The first kappa shape index (κ1) is 16.0. The van der Waals surface area contributed by atoms with Crippen LogP contribution in [0.25, 0.3) is 0 Å². The largest absolute Gasteiger partial charge is 0.357 e. The molecule has 1 atom stereocenters. The third-order valence-corrected chi connectivity index (χ3v) is 3.57. The Morgan fingerprint density at radius 3 is 2.42 bits per heavy atom. The Morgan fingerprint density at radius 1 is 1.26 bits per heavy atom. The van der Waals surface area contributed by atoms with Crippen molar-refractivity contribution >= 4 is 5.82 Å². The minimum atomic E-state index is 0.139. The summed E-state index contributed by atoms with van der Waals surface area (Å²) in [7, 11) is 2.12. The van der Waals surface area contributed by atoms with Gasteiger partial charge in [0, 0.05) is 31.4 Å². The van der Waals surface area contributed by atoms with Crippen molar-refractivity contribution in [3.8, 4) is 0 Å². The summed E-state index contributed by atoms with van der Waals surface area (Å²) >= 11 is 0. The topological polar surface area (TPSA) is 28.2 Å². The Bertz CT molecular complexity index is 393. The van der Waals surface area contributed by atoms with Crippen LogP contribution < -0.4 is 10.2 Å². The third-order valence-electron chi connectivity index (χ3n) is 3.57. The van der Waals surface area contributed by atoms with Crippen LogP contribution in [0.3, 0.4) is 0 Å². The normalized spacial score (nSPS) is 13.7. The molecule has 1 rings (SSSR count). The van der Waals surface area contributed by atoms with Gasteiger partial charge in [0.1, 0.15) is 5.82 Å². The smallest absolute Gasteiger partial charge is 0.128 e. The van der Waals surface area contributed by atoms with Crippen molar-refractivity contribution in [1.82, 2.24) is 10.3 Å². The SMILES string of the molecule is CC(C)C(C)N(C)c1cc(CNC(C)(C)C)ccn1. The molecule has 1 aromatic heterocycles. The van der Waals surface area contributed by atoms with Crippen LogP contribution >= 0.6 is 0 Å². The summed E-state index contributed by atoms with van der Waals surface area (Å²) in [5, 5.41) is 3.51. The van der Waals surface area contributed by atoms with Crippen molar-refractivity contribution < 1.29 is 0 Å². The van der Waals surface area contributed by atoms with Gasteiger partial charge < -0.3 is 10.2 Å². The summed E-state index contributed by atoms with van der Waals surface area (Å²) in [6.07, 6.45) is 1.90. The number of rotatable bonds is 5. The van der Waals surface area contributed by atoms with Crippen LogP contribution in [0, 0.1) is 5.92 Å². The molecule has 1 aromatic rings. The van der Waals surface area contributed by atoms with E-state index in [1.807, 2.05) is 6.20 Å².